The van der Waals surface area contributed by atoms with Gasteiger partial charge in [0, 0.05) is 23.6 Å². The van der Waals surface area contributed by atoms with Crippen molar-refractivity contribution in [3.8, 4) is 5.75 Å². The number of anilines is 1. The molecular formula is C25H26ClN3O6. The fourth-order valence-corrected chi connectivity index (χ4v) is 5.56. The Morgan fingerprint density at radius 1 is 1.11 bits per heavy atom. The number of nitrogens with one attached hydrogen (secondary N) is 1. The van der Waals surface area contributed by atoms with Crippen molar-refractivity contribution in [3.05, 3.63) is 63.2 Å². The zero-order valence-electron chi connectivity index (χ0n) is 19.9. The topological polar surface area (TPSA) is 120 Å². The molecule has 4 rings (SSSR count). The van der Waals surface area contributed by atoms with Crippen molar-refractivity contribution < 1.29 is 24.1 Å². The number of hydrogen-bond donors (Lipinski definition) is 1. The lowest BCUT2D eigenvalue weighted by Crippen LogP contribution is -2.43. The molecule has 2 aliphatic rings. The third-order valence-electron chi connectivity index (χ3n) is 8.13. The van der Waals surface area contributed by atoms with Crippen LogP contribution in [0.4, 0.5) is 11.4 Å². The third-order valence-corrected chi connectivity index (χ3v) is 8.45. The Hall–Kier alpha value is -3.46. The highest BCUT2D eigenvalue weighted by atomic mass is 35.5. The Bertz CT molecular complexity index is 1240. The van der Waals surface area contributed by atoms with Crippen LogP contribution in [0.3, 0.4) is 0 Å². The number of halogens is 1. The smallest absolute Gasteiger partial charge is 0.365 e. The average Bonchev–Trinajstić information content (AvgIpc) is 3.14. The second-order valence-electron chi connectivity index (χ2n) is 9.74. The average molecular weight is 500 g/mol. The summed E-state index contributed by atoms with van der Waals surface area (Å²) in [6, 6.07) is 10.8. The van der Waals surface area contributed by atoms with Gasteiger partial charge in [0.25, 0.3) is 5.69 Å². The van der Waals surface area contributed by atoms with Crippen LogP contribution >= 0.6 is 11.6 Å². The molecule has 2 saturated carbocycles. The van der Waals surface area contributed by atoms with Crippen LogP contribution in [0.2, 0.25) is 5.02 Å². The molecule has 2 unspecified atom stereocenters. The maximum Gasteiger partial charge on any atom is 0.365 e. The molecule has 2 aliphatic carbocycles. The van der Waals surface area contributed by atoms with Crippen molar-refractivity contribution in [1.82, 2.24) is 0 Å². The van der Waals surface area contributed by atoms with E-state index < -0.39 is 32.8 Å². The molecule has 1 N–H and O–H groups in total. The van der Waals surface area contributed by atoms with E-state index in [0.717, 1.165) is 6.07 Å². The summed E-state index contributed by atoms with van der Waals surface area (Å²) >= 11 is 5.82. The number of nitrogens with zero attached hydrogens (tertiary/aromatic N) is 2. The predicted octanol–water partition coefficient (Wildman–Crippen LogP) is 5.62. The molecule has 0 aromatic heterocycles. The quantitative estimate of drug-likeness (QED) is 0.312. The molecule has 0 radical (unpaired) electrons. The van der Waals surface area contributed by atoms with E-state index in [0.29, 0.717) is 36.4 Å². The lowest BCUT2D eigenvalue weighted by molar-refractivity contribution is -0.384. The lowest BCUT2D eigenvalue weighted by Gasteiger charge is -2.39. The highest BCUT2D eigenvalue weighted by Crippen LogP contribution is 2.71. The number of nitro benzene ring substituents is 1. The summed E-state index contributed by atoms with van der Waals surface area (Å²) in [6.45, 7) is 6.11. The number of fused-ring (bicyclic) bond motifs is 2. The Kier molecular flexibility index (Phi) is 6.09. The number of rotatable bonds is 6. The highest BCUT2D eigenvalue weighted by Gasteiger charge is 2.71. The second kappa shape index (κ2) is 8.64. The van der Waals surface area contributed by atoms with Crippen molar-refractivity contribution >= 4 is 40.6 Å². The molecule has 184 valence electrons. The van der Waals surface area contributed by atoms with Crippen LogP contribution < -0.4 is 10.1 Å². The summed E-state index contributed by atoms with van der Waals surface area (Å²) in [6.07, 6.45) is 1.72. The van der Waals surface area contributed by atoms with Gasteiger partial charge in [-0.05, 0) is 54.7 Å². The molecule has 0 heterocycles. The van der Waals surface area contributed by atoms with Gasteiger partial charge < -0.3 is 14.9 Å². The summed E-state index contributed by atoms with van der Waals surface area (Å²) in [5.74, 6) is -0.252. The van der Waals surface area contributed by atoms with Gasteiger partial charge in [0.1, 0.15) is 10.8 Å². The van der Waals surface area contributed by atoms with Crippen molar-refractivity contribution in [3.63, 3.8) is 0 Å². The largest absolute Gasteiger partial charge is 0.497 e. The minimum Gasteiger partial charge on any atom is -0.497 e. The Balaban J connectivity index is 1.57. The maximum absolute atomic E-state index is 13.6. The van der Waals surface area contributed by atoms with Crippen molar-refractivity contribution in [2.75, 3.05) is 12.4 Å². The number of hydrogen-bond acceptors (Lipinski definition) is 7. The molecule has 0 aliphatic heterocycles. The van der Waals surface area contributed by atoms with Gasteiger partial charge in [-0.25, -0.2) is 4.79 Å². The number of amides is 1. The van der Waals surface area contributed by atoms with E-state index >= 15 is 0 Å². The van der Waals surface area contributed by atoms with Crippen LogP contribution in [0.5, 0.6) is 5.75 Å². The van der Waals surface area contributed by atoms with Crippen molar-refractivity contribution in [2.24, 2.45) is 21.4 Å². The molecule has 2 bridgehead atoms. The number of ether oxygens (including phenoxy) is 1. The predicted molar refractivity (Wildman–Crippen MR) is 131 cm³/mol. The number of oxime groups is 1. The van der Waals surface area contributed by atoms with E-state index in [1.807, 2.05) is 20.8 Å². The van der Waals surface area contributed by atoms with E-state index in [-0.39, 0.29) is 16.5 Å². The molecule has 2 atom stereocenters. The van der Waals surface area contributed by atoms with Crippen LogP contribution in [-0.2, 0) is 9.63 Å². The van der Waals surface area contributed by atoms with Gasteiger partial charge in [-0.2, -0.15) is 0 Å². The maximum atomic E-state index is 13.6. The van der Waals surface area contributed by atoms with E-state index in [9.17, 15) is 19.7 Å². The Labute approximate surface area is 207 Å². The zero-order chi connectivity index (χ0) is 25.6. The summed E-state index contributed by atoms with van der Waals surface area (Å²) in [4.78, 5) is 41.8. The first-order chi connectivity index (χ1) is 16.4. The first-order valence-electron chi connectivity index (χ1n) is 11.1. The van der Waals surface area contributed by atoms with Gasteiger partial charge in [0.2, 0.25) is 5.91 Å². The standard InChI is InChI=1S/C25H26ClN3O6/c1-23(2)24(3)11-12-25(23,22(31)27-16-6-8-17(34-4)9-7-16)14-20(24)28-35-21(30)15-5-10-18(26)19(13-15)29(32)33/h5-10,13H,11-12,14H2,1-4H3,(H,27,31). The number of benzene rings is 2. The van der Waals surface area contributed by atoms with Gasteiger partial charge >= 0.3 is 5.97 Å². The highest BCUT2D eigenvalue weighted by molar-refractivity contribution is 6.32. The summed E-state index contributed by atoms with van der Waals surface area (Å²) < 4.78 is 5.17. The molecule has 2 aromatic rings. The number of carbonyl (C=O) groups is 2. The lowest BCUT2D eigenvalue weighted by atomic mass is 9.64. The van der Waals surface area contributed by atoms with E-state index in [1.54, 1.807) is 31.4 Å². The number of nitro groups is 1. The monoisotopic (exact) mass is 499 g/mol. The summed E-state index contributed by atoms with van der Waals surface area (Å²) in [7, 11) is 1.58. The van der Waals surface area contributed by atoms with Crippen LogP contribution in [-0.4, -0.2) is 29.6 Å². The molecule has 2 fully saturated rings. The van der Waals surface area contributed by atoms with E-state index in [2.05, 4.69) is 10.5 Å². The van der Waals surface area contributed by atoms with E-state index in [1.165, 1.54) is 12.1 Å². The van der Waals surface area contributed by atoms with Gasteiger partial charge in [0.15, 0.2) is 0 Å². The molecule has 35 heavy (non-hydrogen) atoms. The van der Waals surface area contributed by atoms with Gasteiger partial charge in [-0.3, -0.25) is 14.9 Å². The third kappa shape index (κ3) is 3.83. The summed E-state index contributed by atoms with van der Waals surface area (Å²) in [5, 5.41) is 18.2. The Morgan fingerprint density at radius 3 is 2.43 bits per heavy atom. The van der Waals surface area contributed by atoms with E-state index in [4.69, 9.17) is 21.2 Å². The van der Waals surface area contributed by atoms with Crippen LogP contribution in [0.15, 0.2) is 47.6 Å². The van der Waals surface area contributed by atoms with Gasteiger partial charge in [-0.1, -0.05) is 37.5 Å². The minimum atomic E-state index is -0.835. The molecule has 0 spiro atoms. The minimum absolute atomic E-state index is 0.0371. The zero-order valence-corrected chi connectivity index (χ0v) is 20.6. The molecule has 1 amide bonds. The van der Waals surface area contributed by atoms with Gasteiger partial charge in [0.05, 0.1) is 28.7 Å². The summed E-state index contributed by atoms with van der Waals surface area (Å²) in [5.41, 5.74) is -0.796. The Morgan fingerprint density at radius 2 is 1.80 bits per heavy atom. The van der Waals surface area contributed by atoms with Crippen LogP contribution in [0.25, 0.3) is 0 Å². The molecule has 2 aromatic carbocycles. The molecule has 0 saturated heterocycles. The van der Waals surface area contributed by atoms with Crippen molar-refractivity contribution in [2.45, 2.75) is 40.0 Å². The van der Waals surface area contributed by atoms with Crippen LogP contribution in [0, 0.1) is 26.4 Å². The second-order valence-corrected chi connectivity index (χ2v) is 10.1. The van der Waals surface area contributed by atoms with Crippen molar-refractivity contribution in [1.29, 1.82) is 0 Å². The first-order valence-corrected chi connectivity index (χ1v) is 11.5. The molecular weight excluding hydrogens is 474 g/mol. The normalized spacial score (nSPS) is 25.3. The first kappa shape index (κ1) is 24.7. The molecule has 10 heteroatoms. The van der Waals surface area contributed by atoms with Crippen LogP contribution in [0.1, 0.15) is 50.4 Å². The fraction of sp³-hybridized carbons (Fsp3) is 0.400. The SMILES string of the molecule is COc1ccc(NC(=O)C23CCC(C)(C(=NOC(=O)c4ccc(Cl)c([N+](=O)[O-])c4)C2)C3(C)C)cc1. The number of methoxy groups -OCH3 is 1. The fourth-order valence-electron chi connectivity index (χ4n) is 5.38. The van der Waals surface area contributed by atoms with Gasteiger partial charge in [-0.15, -0.1) is 0 Å². The molecule has 9 nitrogen and oxygen atoms in total. The number of carbonyl (C=O) groups excluding carboxylic acids is 2.